The van der Waals surface area contributed by atoms with E-state index in [4.69, 9.17) is 4.74 Å². The summed E-state index contributed by atoms with van der Waals surface area (Å²) in [6.45, 7) is 3.25. The van der Waals surface area contributed by atoms with Crippen molar-refractivity contribution in [2.45, 2.75) is 24.7 Å². The fraction of sp³-hybridized carbons (Fsp3) is 0.333. The number of carbonyl (C=O) groups is 1. The Hall–Kier alpha value is -2.67. The number of piperidine rings is 1. The topological polar surface area (TPSA) is 76.0 Å². The lowest BCUT2D eigenvalue weighted by Gasteiger charge is -2.33. The van der Waals surface area contributed by atoms with Crippen LogP contribution in [0.2, 0.25) is 0 Å². The van der Waals surface area contributed by atoms with Crippen molar-refractivity contribution in [2.24, 2.45) is 10.3 Å². The third kappa shape index (κ3) is 4.78. The molecule has 2 aromatic carbocycles. The minimum atomic E-state index is -3.84. The molecule has 0 unspecified atom stereocenters. The monoisotopic (exact) mass is 400 g/mol. The van der Waals surface area contributed by atoms with E-state index in [0.29, 0.717) is 38.4 Å². The largest absolute Gasteiger partial charge is 0.466 e. The van der Waals surface area contributed by atoms with E-state index in [1.165, 1.54) is 12.1 Å². The zero-order valence-corrected chi connectivity index (χ0v) is 16.6. The van der Waals surface area contributed by atoms with Crippen molar-refractivity contribution in [3.05, 3.63) is 66.2 Å². The summed E-state index contributed by atoms with van der Waals surface area (Å²) in [5.41, 5.74) is 0.733. The van der Waals surface area contributed by atoms with Gasteiger partial charge < -0.3 is 9.64 Å². The Morgan fingerprint density at radius 1 is 1.04 bits per heavy atom. The predicted molar refractivity (Wildman–Crippen MR) is 108 cm³/mol. The maximum absolute atomic E-state index is 12.8. The number of likely N-dealkylation sites (tertiary alicyclic amines) is 1. The van der Waals surface area contributed by atoms with Gasteiger partial charge in [-0.3, -0.25) is 4.79 Å². The van der Waals surface area contributed by atoms with Gasteiger partial charge in [0.25, 0.3) is 10.0 Å². The number of hydrogen-bond donors (Lipinski definition) is 0. The molecule has 0 aliphatic carbocycles. The Morgan fingerprint density at radius 3 is 2.18 bits per heavy atom. The first kappa shape index (κ1) is 20.1. The van der Waals surface area contributed by atoms with Gasteiger partial charge in [-0.1, -0.05) is 48.5 Å². The molecule has 0 saturated carbocycles. The molecule has 6 nitrogen and oxygen atoms in total. The number of nitrogens with zero attached hydrogens (tertiary/aromatic N) is 2. The van der Waals surface area contributed by atoms with E-state index in [1.807, 2.05) is 35.2 Å². The summed E-state index contributed by atoms with van der Waals surface area (Å²) in [6, 6.07) is 17.5. The van der Waals surface area contributed by atoms with Crippen LogP contribution in [0.5, 0.6) is 0 Å². The minimum Gasteiger partial charge on any atom is -0.466 e. The Kier molecular flexibility index (Phi) is 6.46. The maximum atomic E-state index is 12.8. The van der Waals surface area contributed by atoms with Gasteiger partial charge >= 0.3 is 5.97 Å². The van der Waals surface area contributed by atoms with E-state index in [1.54, 1.807) is 25.1 Å². The van der Waals surface area contributed by atoms with Gasteiger partial charge in [0.2, 0.25) is 0 Å². The highest BCUT2D eigenvalue weighted by atomic mass is 32.2. The summed E-state index contributed by atoms with van der Waals surface area (Å²) in [6.07, 6.45) is 1.21. The molecule has 0 atom stereocenters. The van der Waals surface area contributed by atoms with Crippen LogP contribution in [0.3, 0.4) is 0 Å². The van der Waals surface area contributed by atoms with Gasteiger partial charge in [0.15, 0.2) is 0 Å². The van der Waals surface area contributed by atoms with Crippen LogP contribution in [-0.4, -0.2) is 44.8 Å². The first-order valence-electron chi connectivity index (χ1n) is 9.38. The summed E-state index contributed by atoms with van der Waals surface area (Å²) >= 11 is 0. The smallest absolute Gasteiger partial charge is 0.309 e. The molecular weight excluding hydrogens is 376 g/mol. The summed E-state index contributed by atoms with van der Waals surface area (Å²) in [5.74, 6) is 0.0722. The minimum absolute atomic E-state index is 0.154. The van der Waals surface area contributed by atoms with E-state index in [2.05, 4.69) is 4.40 Å². The molecule has 3 rings (SSSR count). The zero-order chi connectivity index (χ0) is 20.0. The Labute approximate surface area is 165 Å². The third-order valence-corrected chi connectivity index (χ3v) is 5.98. The number of benzene rings is 2. The molecule has 1 saturated heterocycles. The number of hydrogen-bond acceptors (Lipinski definition) is 4. The van der Waals surface area contributed by atoms with Crippen LogP contribution in [0.1, 0.15) is 25.3 Å². The van der Waals surface area contributed by atoms with Crippen LogP contribution in [0.15, 0.2) is 70.0 Å². The summed E-state index contributed by atoms with van der Waals surface area (Å²) < 4.78 is 35.0. The molecule has 0 aromatic heterocycles. The van der Waals surface area contributed by atoms with E-state index in [9.17, 15) is 13.2 Å². The quantitative estimate of drug-likeness (QED) is 0.438. The number of ether oxygens (including phenoxy) is 1. The zero-order valence-electron chi connectivity index (χ0n) is 15.8. The summed E-state index contributed by atoms with van der Waals surface area (Å²) in [4.78, 5) is 14.1. The fourth-order valence-corrected chi connectivity index (χ4v) is 4.28. The van der Waals surface area contributed by atoms with Crippen molar-refractivity contribution in [2.75, 3.05) is 19.7 Å². The lowest BCUT2D eigenvalue weighted by Crippen LogP contribution is -2.41. The van der Waals surface area contributed by atoms with Crippen LogP contribution >= 0.6 is 0 Å². The van der Waals surface area contributed by atoms with Crippen molar-refractivity contribution in [1.82, 2.24) is 4.90 Å². The second-order valence-corrected chi connectivity index (χ2v) is 8.19. The highest BCUT2D eigenvalue weighted by Gasteiger charge is 2.29. The second kappa shape index (κ2) is 9.01. The van der Waals surface area contributed by atoms with Crippen LogP contribution < -0.4 is 0 Å². The van der Waals surface area contributed by atoms with Gasteiger partial charge in [-0.15, -0.1) is 4.40 Å². The fourth-order valence-electron chi connectivity index (χ4n) is 3.23. The number of esters is 1. The second-order valence-electron chi connectivity index (χ2n) is 6.58. The molecule has 1 heterocycles. The van der Waals surface area contributed by atoms with Crippen LogP contribution in [0.25, 0.3) is 0 Å². The molecule has 0 spiro atoms. The molecule has 148 valence electrons. The molecule has 0 bridgehead atoms. The molecule has 2 aromatic rings. The van der Waals surface area contributed by atoms with Crippen LogP contribution in [0, 0.1) is 5.92 Å². The average Bonchev–Trinajstić information content (AvgIpc) is 2.74. The molecule has 28 heavy (non-hydrogen) atoms. The Balaban J connectivity index is 1.89. The number of rotatable bonds is 5. The number of carbonyl (C=O) groups excluding carboxylic acids is 1. The van der Waals surface area contributed by atoms with E-state index in [0.717, 1.165) is 5.56 Å². The van der Waals surface area contributed by atoms with E-state index >= 15 is 0 Å². The van der Waals surface area contributed by atoms with Crippen molar-refractivity contribution in [3.63, 3.8) is 0 Å². The molecular formula is C21H24N2O4S. The van der Waals surface area contributed by atoms with Gasteiger partial charge in [0, 0.05) is 18.7 Å². The first-order valence-corrected chi connectivity index (χ1v) is 10.8. The molecule has 1 aliphatic rings. The molecule has 0 amide bonds. The molecule has 7 heteroatoms. The SMILES string of the molecule is CCOC(=O)C1CCN(C(=NS(=O)(=O)c2ccccc2)c2ccccc2)CC1. The first-order chi connectivity index (χ1) is 13.5. The molecule has 0 N–H and O–H groups in total. The summed E-state index contributed by atoms with van der Waals surface area (Å²) in [7, 11) is -3.84. The standard InChI is InChI=1S/C21H24N2O4S/c1-2-27-21(24)18-13-15-23(16-14-18)20(17-9-5-3-6-10-17)22-28(25,26)19-11-7-4-8-12-19/h3-12,18H,2,13-16H2,1H3. The third-order valence-electron chi connectivity index (χ3n) is 4.69. The molecule has 1 aliphatic heterocycles. The van der Waals surface area contributed by atoms with E-state index < -0.39 is 10.0 Å². The van der Waals surface area contributed by atoms with Gasteiger partial charge in [-0.25, -0.2) is 0 Å². The van der Waals surface area contributed by atoms with Crippen molar-refractivity contribution >= 4 is 21.8 Å². The Bertz CT molecular complexity index is 919. The van der Waals surface area contributed by atoms with Crippen LogP contribution in [0.4, 0.5) is 0 Å². The Morgan fingerprint density at radius 2 is 1.61 bits per heavy atom. The van der Waals surface area contributed by atoms with Gasteiger partial charge in [0.1, 0.15) is 5.84 Å². The van der Waals surface area contributed by atoms with Gasteiger partial charge in [0.05, 0.1) is 17.4 Å². The van der Waals surface area contributed by atoms with Crippen LogP contribution in [-0.2, 0) is 19.6 Å². The maximum Gasteiger partial charge on any atom is 0.309 e. The number of sulfonamides is 1. The molecule has 1 fully saturated rings. The number of amidine groups is 1. The molecule has 0 radical (unpaired) electrons. The average molecular weight is 401 g/mol. The lowest BCUT2D eigenvalue weighted by atomic mass is 9.96. The van der Waals surface area contributed by atoms with Crippen molar-refractivity contribution in [1.29, 1.82) is 0 Å². The predicted octanol–water partition coefficient (Wildman–Crippen LogP) is 3.10. The van der Waals surface area contributed by atoms with E-state index in [-0.39, 0.29) is 16.8 Å². The normalized spacial score (nSPS) is 16.0. The van der Waals surface area contributed by atoms with Gasteiger partial charge in [-0.2, -0.15) is 8.42 Å². The highest BCUT2D eigenvalue weighted by molar-refractivity contribution is 7.90. The van der Waals surface area contributed by atoms with Gasteiger partial charge in [-0.05, 0) is 31.9 Å². The summed E-state index contributed by atoms with van der Waals surface area (Å²) in [5, 5.41) is 0. The van der Waals surface area contributed by atoms with Crippen molar-refractivity contribution < 1.29 is 17.9 Å². The lowest BCUT2D eigenvalue weighted by molar-refractivity contribution is -0.149. The van der Waals surface area contributed by atoms with Crippen molar-refractivity contribution in [3.8, 4) is 0 Å². The highest BCUT2D eigenvalue weighted by Crippen LogP contribution is 2.22.